The molecule has 0 aromatic heterocycles. The highest BCUT2D eigenvalue weighted by Crippen LogP contribution is 2.19. The minimum atomic E-state index is -1.05. The highest BCUT2D eigenvalue weighted by Gasteiger charge is 2.40. The van der Waals surface area contributed by atoms with Gasteiger partial charge in [-0.3, -0.25) is 0 Å². The van der Waals surface area contributed by atoms with Crippen molar-refractivity contribution < 1.29 is 19.7 Å². The predicted octanol–water partition coefficient (Wildman–Crippen LogP) is -0.942. The lowest BCUT2D eigenvalue weighted by molar-refractivity contribution is -0.379. The van der Waals surface area contributed by atoms with Crippen LogP contribution in [0, 0.1) is 0 Å². The summed E-state index contributed by atoms with van der Waals surface area (Å²) in [6, 6.07) is 0. The molecule has 0 saturated carbocycles. The summed E-state index contributed by atoms with van der Waals surface area (Å²) in [6.45, 7) is 2.27. The third-order valence-electron chi connectivity index (χ3n) is 1.18. The highest BCUT2D eigenvalue weighted by atomic mass is 16.8. The zero-order chi connectivity index (χ0) is 6.85. The SMILES string of the molecule is CCOC1OC(O)C1O. The van der Waals surface area contributed by atoms with Gasteiger partial charge in [-0.2, -0.15) is 0 Å². The van der Waals surface area contributed by atoms with E-state index in [0.717, 1.165) is 0 Å². The minimum Gasteiger partial charge on any atom is -0.382 e. The first-order chi connectivity index (χ1) is 4.25. The molecule has 0 radical (unpaired) electrons. The first-order valence-electron chi connectivity index (χ1n) is 2.89. The fourth-order valence-corrected chi connectivity index (χ4v) is 0.645. The summed E-state index contributed by atoms with van der Waals surface area (Å²) >= 11 is 0. The van der Waals surface area contributed by atoms with Gasteiger partial charge in [0, 0.05) is 6.61 Å². The van der Waals surface area contributed by atoms with E-state index in [2.05, 4.69) is 4.74 Å². The maximum absolute atomic E-state index is 8.81. The van der Waals surface area contributed by atoms with Crippen LogP contribution in [0.25, 0.3) is 0 Å². The Bertz CT molecular complexity index is 93.0. The zero-order valence-electron chi connectivity index (χ0n) is 5.15. The maximum atomic E-state index is 8.81. The Labute approximate surface area is 53.0 Å². The quantitative estimate of drug-likeness (QED) is 0.511. The molecule has 1 fully saturated rings. The molecule has 1 aliphatic rings. The number of aliphatic hydroxyl groups excluding tert-OH is 2. The second-order valence-corrected chi connectivity index (χ2v) is 1.84. The van der Waals surface area contributed by atoms with Gasteiger partial charge < -0.3 is 19.7 Å². The smallest absolute Gasteiger partial charge is 0.191 e. The maximum Gasteiger partial charge on any atom is 0.191 e. The molecule has 9 heavy (non-hydrogen) atoms. The Hall–Kier alpha value is -0.160. The van der Waals surface area contributed by atoms with Crippen molar-refractivity contribution in [2.75, 3.05) is 6.61 Å². The summed E-state index contributed by atoms with van der Waals surface area (Å²) < 4.78 is 9.40. The van der Waals surface area contributed by atoms with Gasteiger partial charge in [-0.25, -0.2) is 0 Å². The highest BCUT2D eigenvalue weighted by molar-refractivity contribution is 4.73. The van der Waals surface area contributed by atoms with E-state index in [4.69, 9.17) is 14.9 Å². The molecule has 1 aliphatic heterocycles. The van der Waals surface area contributed by atoms with Crippen LogP contribution >= 0.6 is 0 Å². The molecule has 54 valence electrons. The Morgan fingerprint density at radius 2 is 2.22 bits per heavy atom. The van der Waals surface area contributed by atoms with Crippen LogP contribution in [-0.2, 0) is 9.47 Å². The molecule has 2 N–H and O–H groups in total. The van der Waals surface area contributed by atoms with Gasteiger partial charge in [0.25, 0.3) is 0 Å². The first-order valence-corrected chi connectivity index (χ1v) is 2.89. The third kappa shape index (κ3) is 1.21. The predicted molar refractivity (Wildman–Crippen MR) is 28.5 cm³/mol. The summed E-state index contributed by atoms with van der Waals surface area (Å²) in [5.41, 5.74) is 0. The summed E-state index contributed by atoms with van der Waals surface area (Å²) in [4.78, 5) is 0. The van der Waals surface area contributed by atoms with Crippen LogP contribution in [0.5, 0.6) is 0 Å². The fourth-order valence-electron chi connectivity index (χ4n) is 0.645. The van der Waals surface area contributed by atoms with Gasteiger partial charge in [0.2, 0.25) is 0 Å². The molecule has 1 rings (SSSR count). The number of hydrogen-bond acceptors (Lipinski definition) is 4. The average molecular weight is 134 g/mol. The van der Waals surface area contributed by atoms with Crippen LogP contribution in [0.4, 0.5) is 0 Å². The molecule has 0 aromatic carbocycles. The van der Waals surface area contributed by atoms with Gasteiger partial charge in [0.1, 0.15) is 0 Å². The van der Waals surface area contributed by atoms with Crippen molar-refractivity contribution in [1.29, 1.82) is 0 Å². The van der Waals surface area contributed by atoms with Gasteiger partial charge in [0.05, 0.1) is 0 Å². The van der Waals surface area contributed by atoms with Crippen LogP contribution in [0.3, 0.4) is 0 Å². The molecule has 0 amide bonds. The van der Waals surface area contributed by atoms with Gasteiger partial charge in [-0.15, -0.1) is 0 Å². The number of hydrogen-bond donors (Lipinski definition) is 2. The van der Waals surface area contributed by atoms with Crippen LogP contribution < -0.4 is 0 Å². The van der Waals surface area contributed by atoms with Crippen LogP contribution in [0.2, 0.25) is 0 Å². The average Bonchev–Trinajstić information content (AvgIpc) is 1.88. The van der Waals surface area contributed by atoms with E-state index in [1.54, 1.807) is 6.92 Å². The lowest BCUT2D eigenvalue weighted by Crippen LogP contribution is -2.54. The Morgan fingerprint density at radius 3 is 2.56 bits per heavy atom. The van der Waals surface area contributed by atoms with Gasteiger partial charge in [-0.1, -0.05) is 0 Å². The van der Waals surface area contributed by atoms with Crippen molar-refractivity contribution in [2.45, 2.75) is 25.6 Å². The molecule has 0 aromatic rings. The minimum absolute atomic E-state index is 0.481. The van der Waals surface area contributed by atoms with Gasteiger partial charge in [0.15, 0.2) is 18.7 Å². The second-order valence-electron chi connectivity index (χ2n) is 1.84. The molecule has 3 unspecified atom stereocenters. The third-order valence-corrected chi connectivity index (χ3v) is 1.18. The van der Waals surface area contributed by atoms with Crippen molar-refractivity contribution in [3.63, 3.8) is 0 Å². The summed E-state index contributed by atoms with van der Waals surface area (Å²) in [5.74, 6) is 0. The molecule has 4 heteroatoms. The first kappa shape index (κ1) is 6.95. The van der Waals surface area contributed by atoms with E-state index in [9.17, 15) is 0 Å². The van der Waals surface area contributed by atoms with E-state index in [1.165, 1.54) is 0 Å². The van der Waals surface area contributed by atoms with Gasteiger partial charge in [-0.05, 0) is 6.92 Å². The Morgan fingerprint density at radius 1 is 1.56 bits per heavy atom. The summed E-state index contributed by atoms with van der Waals surface area (Å²) in [5, 5.41) is 17.4. The lowest BCUT2D eigenvalue weighted by Gasteiger charge is -2.36. The van der Waals surface area contributed by atoms with E-state index in [0.29, 0.717) is 6.61 Å². The standard InChI is InChI=1S/C5H10O4/c1-2-8-5-3(6)4(7)9-5/h3-7H,2H2,1H3. The normalized spacial score (nSPS) is 42.3. The molecule has 1 saturated heterocycles. The Balaban J connectivity index is 2.17. The zero-order valence-corrected chi connectivity index (χ0v) is 5.15. The fraction of sp³-hybridized carbons (Fsp3) is 1.00. The molecule has 3 atom stereocenters. The summed E-state index contributed by atoms with van der Waals surface area (Å²) in [6.07, 6.45) is -2.54. The van der Waals surface area contributed by atoms with Crippen LogP contribution in [0.1, 0.15) is 6.92 Å². The van der Waals surface area contributed by atoms with E-state index in [1.807, 2.05) is 0 Å². The molecule has 1 heterocycles. The molecule has 0 spiro atoms. The second kappa shape index (κ2) is 2.62. The van der Waals surface area contributed by atoms with Gasteiger partial charge >= 0.3 is 0 Å². The van der Waals surface area contributed by atoms with Crippen molar-refractivity contribution in [2.24, 2.45) is 0 Å². The number of rotatable bonds is 2. The van der Waals surface area contributed by atoms with Crippen molar-refractivity contribution in [3.05, 3.63) is 0 Å². The summed E-state index contributed by atoms with van der Waals surface area (Å²) in [7, 11) is 0. The van der Waals surface area contributed by atoms with E-state index >= 15 is 0 Å². The lowest BCUT2D eigenvalue weighted by atomic mass is 10.2. The number of aliphatic hydroxyl groups is 2. The molecule has 0 aliphatic carbocycles. The van der Waals surface area contributed by atoms with E-state index in [-0.39, 0.29) is 0 Å². The van der Waals surface area contributed by atoms with Crippen molar-refractivity contribution >= 4 is 0 Å². The largest absolute Gasteiger partial charge is 0.382 e. The topological polar surface area (TPSA) is 58.9 Å². The number of ether oxygens (including phenoxy) is 2. The van der Waals surface area contributed by atoms with Crippen molar-refractivity contribution in [1.82, 2.24) is 0 Å². The Kier molecular flexibility index (Phi) is 2.02. The monoisotopic (exact) mass is 134 g/mol. The van der Waals surface area contributed by atoms with Crippen molar-refractivity contribution in [3.8, 4) is 0 Å². The molecular formula is C5H10O4. The molecule has 4 nitrogen and oxygen atoms in total. The molecule has 0 bridgehead atoms. The van der Waals surface area contributed by atoms with E-state index < -0.39 is 18.7 Å². The van der Waals surface area contributed by atoms with Crippen LogP contribution in [0.15, 0.2) is 0 Å². The molecular weight excluding hydrogens is 124 g/mol. The van der Waals surface area contributed by atoms with Crippen LogP contribution in [-0.4, -0.2) is 35.5 Å².